The van der Waals surface area contributed by atoms with E-state index in [4.69, 9.17) is 18.6 Å². The predicted octanol–water partition coefficient (Wildman–Crippen LogP) is 3.34. The van der Waals surface area contributed by atoms with Crippen molar-refractivity contribution in [2.75, 3.05) is 46.3 Å². The first kappa shape index (κ1) is 25.7. The molecule has 0 saturated carbocycles. The zero-order valence-corrected chi connectivity index (χ0v) is 20.5. The number of urea groups is 1. The fourth-order valence-electron chi connectivity index (χ4n) is 3.49. The van der Waals surface area contributed by atoms with Crippen LogP contribution in [0.15, 0.2) is 59.3 Å². The number of ether oxygens (including phenoxy) is 3. The number of aromatic nitrogens is 1. The molecular weight excluding hydrogens is 452 g/mol. The Kier molecular flexibility index (Phi) is 9.19. The maximum atomic E-state index is 13.4. The lowest BCUT2D eigenvalue weighted by atomic mass is 10.2. The number of furan rings is 1. The minimum absolute atomic E-state index is 0.140. The summed E-state index contributed by atoms with van der Waals surface area (Å²) in [6.07, 6.45) is 3.49. The lowest BCUT2D eigenvalue weighted by Gasteiger charge is -2.27. The minimum Gasteiger partial charge on any atom is -0.497 e. The highest BCUT2D eigenvalue weighted by Crippen LogP contribution is 2.29. The summed E-state index contributed by atoms with van der Waals surface area (Å²) in [6.45, 7) is 1.01. The van der Waals surface area contributed by atoms with Crippen LogP contribution in [-0.2, 0) is 29.7 Å². The van der Waals surface area contributed by atoms with E-state index in [1.807, 2.05) is 36.0 Å². The third-order valence-electron chi connectivity index (χ3n) is 5.51. The van der Waals surface area contributed by atoms with Gasteiger partial charge in [-0.15, -0.1) is 0 Å². The number of methoxy groups -OCH3 is 3. The van der Waals surface area contributed by atoms with Gasteiger partial charge in [0.05, 0.1) is 45.9 Å². The minimum atomic E-state index is -0.448. The average molecular weight is 485 g/mol. The number of nitrogens with zero attached hydrogens (tertiary/aromatic N) is 3. The smallest absolute Gasteiger partial charge is 0.322 e. The largest absolute Gasteiger partial charge is 0.497 e. The Bertz CT molecular complexity index is 1100. The molecule has 3 amide bonds. The summed E-state index contributed by atoms with van der Waals surface area (Å²) < 4.78 is 23.2. The lowest BCUT2D eigenvalue weighted by molar-refractivity contribution is -0.133. The van der Waals surface area contributed by atoms with E-state index in [0.29, 0.717) is 29.5 Å². The molecule has 3 aromatic rings. The van der Waals surface area contributed by atoms with Crippen molar-refractivity contribution in [3.8, 4) is 11.5 Å². The van der Waals surface area contributed by atoms with Gasteiger partial charge in [0.1, 0.15) is 23.8 Å². The van der Waals surface area contributed by atoms with Crippen LogP contribution in [0.1, 0.15) is 11.5 Å². The molecule has 2 aromatic heterocycles. The molecule has 1 aromatic carbocycles. The molecule has 10 heteroatoms. The van der Waals surface area contributed by atoms with E-state index in [-0.39, 0.29) is 32.1 Å². The number of hydrogen-bond acceptors (Lipinski definition) is 6. The van der Waals surface area contributed by atoms with E-state index >= 15 is 0 Å². The molecule has 3 rings (SSSR count). The lowest BCUT2D eigenvalue weighted by Crippen LogP contribution is -2.45. The highest BCUT2D eigenvalue weighted by Gasteiger charge is 2.24. The molecule has 35 heavy (non-hydrogen) atoms. The Morgan fingerprint density at radius 1 is 1.03 bits per heavy atom. The topological polar surface area (TPSA) is 98.4 Å². The summed E-state index contributed by atoms with van der Waals surface area (Å²) in [4.78, 5) is 29.7. The Hall–Kier alpha value is -3.92. The molecule has 0 aliphatic rings. The van der Waals surface area contributed by atoms with Gasteiger partial charge in [-0.2, -0.15) is 0 Å². The van der Waals surface area contributed by atoms with Crippen LogP contribution >= 0.6 is 0 Å². The second-order valence-corrected chi connectivity index (χ2v) is 7.85. The molecule has 0 spiro atoms. The van der Waals surface area contributed by atoms with Gasteiger partial charge in [0.15, 0.2) is 0 Å². The molecule has 10 nitrogen and oxygen atoms in total. The monoisotopic (exact) mass is 484 g/mol. The summed E-state index contributed by atoms with van der Waals surface area (Å²) in [5.74, 6) is 1.47. The number of hydrogen-bond donors (Lipinski definition) is 1. The first-order valence-corrected chi connectivity index (χ1v) is 11.1. The highest BCUT2D eigenvalue weighted by molar-refractivity contribution is 5.93. The van der Waals surface area contributed by atoms with Crippen molar-refractivity contribution in [2.24, 2.45) is 7.05 Å². The summed E-state index contributed by atoms with van der Waals surface area (Å²) in [5.41, 5.74) is 1.42. The molecule has 0 aliphatic carbocycles. The summed E-state index contributed by atoms with van der Waals surface area (Å²) >= 11 is 0. The second-order valence-electron chi connectivity index (χ2n) is 7.85. The summed E-state index contributed by atoms with van der Waals surface area (Å²) in [6, 6.07) is 12.1. The van der Waals surface area contributed by atoms with Crippen molar-refractivity contribution in [3.05, 3.63) is 66.4 Å². The molecule has 0 atom stereocenters. The van der Waals surface area contributed by atoms with Gasteiger partial charge in [0, 0.05) is 38.7 Å². The van der Waals surface area contributed by atoms with Crippen LogP contribution in [0.2, 0.25) is 0 Å². The van der Waals surface area contributed by atoms with Crippen LogP contribution in [-0.4, -0.2) is 67.3 Å². The second kappa shape index (κ2) is 12.5. The number of benzene rings is 1. The standard InChI is InChI=1S/C25H32N4O6/c1-27-11-5-7-19(27)16-29(17-21-8-6-13-35-21)24(30)18-28(12-14-32-2)25(31)26-22-10-9-20(33-3)15-23(22)34-4/h5-11,13,15H,12,14,16-18H2,1-4H3,(H,26,31). The van der Waals surface area contributed by atoms with Crippen LogP contribution in [0.3, 0.4) is 0 Å². The third-order valence-corrected chi connectivity index (χ3v) is 5.51. The predicted molar refractivity (Wildman–Crippen MR) is 130 cm³/mol. The number of carbonyl (C=O) groups is 2. The van der Waals surface area contributed by atoms with Crippen LogP contribution in [0.5, 0.6) is 11.5 Å². The number of anilines is 1. The third kappa shape index (κ3) is 7.03. The number of nitrogens with one attached hydrogen (secondary N) is 1. The van der Waals surface area contributed by atoms with Crippen LogP contribution in [0.25, 0.3) is 0 Å². The first-order valence-electron chi connectivity index (χ1n) is 11.1. The quantitative estimate of drug-likeness (QED) is 0.423. The van der Waals surface area contributed by atoms with Crippen molar-refractivity contribution in [1.82, 2.24) is 14.4 Å². The number of carbonyl (C=O) groups excluding carboxylic acids is 2. The number of rotatable bonds is 12. The molecule has 0 fully saturated rings. The summed E-state index contributed by atoms with van der Waals surface area (Å²) in [7, 11) is 6.52. The average Bonchev–Trinajstić information content (AvgIpc) is 3.53. The fourth-order valence-corrected chi connectivity index (χ4v) is 3.49. The van der Waals surface area contributed by atoms with E-state index in [0.717, 1.165) is 5.69 Å². The van der Waals surface area contributed by atoms with Crippen LogP contribution < -0.4 is 14.8 Å². The highest BCUT2D eigenvalue weighted by atomic mass is 16.5. The molecule has 1 N–H and O–H groups in total. The first-order chi connectivity index (χ1) is 16.9. The SMILES string of the molecule is COCCN(CC(=O)N(Cc1ccco1)Cc1cccn1C)C(=O)Nc1ccc(OC)cc1OC. The maximum Gasteiger partial charge on any atom is 0.322 e. The van der Waals surface area contributed by atoms with Crippen molar-refractivity contribution in [1.29, 1.82) is 0 Å². The fraction of sp³-hybridized carbons (Fsp3) is 0.360. The molecular formula is C25H32N4O6. The van der Waals surface area contributed by atoms with Gasteiger partial charge in [0.25, 0.3) is 0 Å². The Morgan fingerprint density at radius 2 is 1.86 bits per heavy atom. The molecule has 0 saturated heterocycles. The Balaban J connectivity index is 1.77. The van der Waals surface area contributed by atoms with Crippen molar-refractivity contribution < 1.29 is 28.2 Å². The van der Waals surface area contributed by atoms with Crippen molar-refractivity contribution in [2.45, 2.75) is 13.1 Å². The Morgan fingerprint density at radius 3 is 2.49 bits per heavy atom. The normalized spacial score (nSPS) is 10.6. The van der Waals surface area contributed by atoms with E-state index < -0.39 is 6.03 Å². The zero-order valence-electron chi connectivity index (χ0n) is 20.5. The van der Waals surface area contributed by atoms with Gasteiger partial charge in [0.2, 0.25) is 5.91 Å². The molecule has 188 valence electrons. The van der Waals surface area contributed by atoms with Gasteiger partial charge in [-0.05, 0) is 36.4 Å². The number of aryl methyl sites for hydroxylation is 1. The number of amides is 3. The summed E-state index contributed by atoms with van der Waals surface area (Å²) in [5, 5.41) is 2.82. The van der Waals surface area contributed by atoms with Gasteiger partial charge >= 0.3 is 6.03 Å². The molecule has 0 radical (unpaired) electrons. The molecule has 0 aliphatic heterocycles. The van der Waals surface area contributed by atoms with Crippen molar-refractivity contribution >= 4 is 17.6 Å². The Labute approximate surface area is 205 Å². The van der Waals surface area contributed by atoms with Gasteiger partial charge in [-0.1, -0.05) is 0 Å². The van der Waals surface area contributed by atoms with Gasteiger partial charge < -0.3 is 38.3 Å². The van der Waals surface area contributed by atoms with Crippen LogP contribution in [0.4, 0.5) is 10.5 Å². The van der Waals surface area contributed by atoms with Crippen LogP contribution in [0, 0.1) is 0 Å². The van der Waals surface area contributed by atoms with Crippen molar-refractivity contribution in [3.63, 3.8) is 0 Å². The van der Waals surface area contributed by atoms with E-state index in [1.54, 1.807) is 49.6 Å². The zero-order chi connectivity index (χ0) is 25.2. The molecule has 2 heterocycles. The van der Waals surface area contributed by atoms with Gasteiger partial charge in [-0.25, -0.2) is 4.79 Å². The van der Waals surface area contributed by atoms with E-state index in [9.17, 15) is 9.59 Å². The molecule has 0 unspecified atom stereocenters. The van der Waals surface area contributed by atoms with E-state index in [2.05, 4.69) is 5.32 Å². The molecule has 0 bridgehead atoms. The van der Waals surface area contributed by atoms with E-state index in [1.165, 1.54) is 12.0 Å². The maximum absolute atomic E-state index is 13.4. The van der Waals surface area contributed by atoms with Gasteiger partial charge in [-0.3, -0.25) is 4.79 Å².